The summed E-state index contributed by atoms with van der Waals surface area (Å²) in [4.78, 5) is 6.89. The molecule has 0 unspecified atom stereocenters. The summed E-state index contributed by atoms with van der Waals surface area (Å²) < 4.78 is 15.8. The molecule has 25 heavy (non-hydrogen) atoms. The van der Waals surface area contributed by atoms with E-state index in [1.165, 1.54) is 17.2 Å². The monoisotopic (exact) mass is 333 g/mol. The topological polar surface area (TPSA) is 46.3 Å². The number of benzene rings is 2. The minimum absolute atomic E-state index is 0.274. The number of rotatable bonds is 1. The van der Waals surface area contributed by atoms with Gasteiger partial charge in [-0.1, -0.05) is 12.1 Å². The number of aromatic nitrogens is 4. The number of nitrogens with zero attached hydrogens (tertiary/aromatic N) is 5. The fourth-order valence-electron chi connectivity index (χ4n) is 3.75. The molecule has 0 radical (unpaired) electrons. The van der Waals surface area contributed by atoms with E-state index in [1.54, 1.807) is 22.9 Å². The van der Waals surface area contributed by atoms with E-state index in [4.69, 9.17) is 4.98 Å². The summed E-state index contributed by atoms with van der Waals surface area (Å²) >= 11 is 0. The van der Waals surface area contributed by atoms with Gasteiger partial charge in [-0.05, 0) is 55.2 Å². The van der Waals surface area contributed by atoms with Crippen LogP contribution in [0.1, 0.15) is 17.5 Å². The molecule has 1 aliphatic heterocycles. The van der Waals surface area contributed by atoms with Crippen LogP contribution in [-0.2, 0) is 6.42 Å². The second kappa shape index (κ2) is 5.24. The first-order valence-electron chi connectivity index (χ1n) is 8.37. The highest BCUT2D eigenvalue weighted by atomic mass is 19.1. The summed E-state index contributed by atoms with van der Waals surface area (Å²) in [6.07, 6.45) is 3.70. The first-order chi connectivity index (χ1) is 12.2. The molecular formula is C19H16FN5. The predicted octanol–water partition coefficient (Wildman–Crippen LogP) is 3.81. The lowest BCUT2D eigenvalue weighted by Gasteiger charge is -2.32. The van der Waals surface area contributed by atoms with Gasteiger partial charge in [0.15, 0.2) is 0 Å². The van der Waals surface area contributed by atoms with Crippen molar-refractivity contribution in [3.05, 3.63) is 59.7 Å². The Labute approximate surface area is 143 Å². The molecule has 0 atom stereocenters. The van der Waals surface area contributed by atoms with Gasteiger partial charge in [0.25, 0.3) is 5.78 Å². The van der Waals surface area contributed by atoms with E-state index in [0.29, 0.717) is 5.78 Å². The Hall–Kier alpha value is -3.02. The van der Waals surface area contributed by atoms with E-state index in [0.717, 1.165) is 41.8 Å². The average molecular weight is 333 g/mol. The van der Waals surface area contributed by atoms with Gasteiger partial charge in [-0.15, -0.1) is 10.2 Å². The Morgan fingerprint density at radius 2 is 2.08 bits per heavy atom. The maximum Gasteiger partial charge on any atom is 0.257 e. The minimum Gasteiger partial charge on any atom is -0.325 e. The number of aryl methyl sites for hydroxylation is 1. The smallest absolute Gasteiger partial charge is 0.257 e. The molecule has 0 amide bonds. The molecule has 0 N–H and O–H groups in total. The van der Waals surface area contributed by atoms with Gasteiger partial charge in [0.05, 0.1) is 5.52 Å². The van der Waals surface area contributed by atoms with Crippen LogP contribution in [-0.4, -0.2) is 26.1 Å². The second-order valence-corrected chi connectivity index (χ2v) is 6.43. The zero-order valence-corrected chi connectivity index (χ0v) is 13.8. The van der Waals surface area contributed by atoms with Gasteiger partial charge >= 0.3 is 0 Å². The molecule has 6 heteroatoms. The molecule has 2 aromatic carbocycles. The van der Waals surface area contributed by atoms with E-state index in [2.05, 4.69) is 40.2 Å². The van der Waals surface area contributed by atoms with Crippen molar-refractivity contribution in [2.75, 3.05) is 11.4 Å². The van der Waals surface area contributed by atoms with Gasteiger partial charge in [-0.2, -0.15) is 4.98 Å². The van der Waals surface area contributed by atoms with E-state index >= 15 is 0 Å². The third-order valence-corrected chi connectivity index (χ3v) is 4.94. The lowest BCUT2D eigenvalue weighted by Crippen LogP contribution is -2.26. The predicted molar refractivity (Wildman–Crippen MR) is 94.8 cm³/mol. The van der Waals surface area contributed by atoms with Gasteiger partial charge in [-0.25, -0.2) is 4.39 Å². The summed E-state index contributed by atoms with van der Waals surface area (Å²) in [5.41, 5.74) is 4.61. The molecule has 0 aliphatic carbocycles. The van der Waals surface area contributed by atoms with E-state index in [9.17, 15) is 4.39 Å². The van der Waals surface area contributed by atoms with Gasteiger partial charge in [-0.3, -0.25) is 4.40 Å². The molecule has 0 saturated carbocycles. The van der Waals surface area contributed by atoms with Crippen molar-refractivity contribution in [3.63, 3.8) is 0 Å². The van der Waals surface area contributed by atoms with Gasteiger partial charge < -0.3 is 4.90 Å². The Morgan fingerprint density at radius 3 is 3.00 bits per heavy atom. The normalized spacial score (nSPS) is 14.2. The standard InChI is InChI=1S/C19H16FN5/c1-12-4-2-6-16-14(12)5-3-9-24(16)18-15-10-13(20)7-8-17(15)25-11-21-23-19(25)22-18/h2,4,6-8,10-11H,3,5,9H2,1H3. The Morgan fingerprint density at radius 1 is 1.16 bits per heavy atom. The van der Waals surface area contributed by atoms with E-state index in [-0.39, 0.29) is 5.82 Å². The average Bonchev–Trinajstić information content (AvgIpc) is 3.09. The van der Waals surface area contributed by atoms with Crippen LogP contribution in [0.5, 0.6) is 0 Å². The number of anilines is 2. The summed E-state index contributed by atoms with van der Waals surface area (Å²) in [5.74, 6) is 0.986. The summed E-state index contributed by atoms with van der Waals surface area (Å²) in [7, 11) is 0. The van der Waals surface area contributed by atoms with Crippen molar-refractivity contribution in [2.24, 2.45) is 0 Å². The van der Waals surface area contributed by atoms with Gasteiger partial charge in [0.1, 0.15) is 18.0 Å². The maximum atomic E-state index is 14.0. The highest BCUT2D eigenvalue weighted by molar-refractivity contribution is 5.94. The molecule has 1 aliphatic rings. The van der Waals surface area contributed by atoms with E-state index < -0.39 is 0 Å². The van der Waals surface area contributed by atoms with Crippen LogP contribution < -0.4 is 4.90 Å². The van der Waals surface area contributed by atoms with Crippen LogP contribution in [0.3, 0.4) is 0 Å². The SMILES string of the molecule is Cc1cccc2c1CCCN2c1nc2nncn2c2ccc(F)cc12. The highest BCUT2D eigenvalue weighted by Gasteiger charge is 2.23. The van der Waals surface area contributed by atoms with Crippen LogP contribution in [0.2, 0.25) is 0 Å². The number of hydrogen-bond donors (Lipinski definition) is 0. The van der Waals surface area contributed by atoms with Crippen LogP contribution in [0, 0.1) is 12.7 Å². The highest BCUT2D eigenvalue weighted by Crippen LogP contribution is 2.37. The molecular weight excluding hydrogens is 317 g/mol. The van der Waals surface area contributed by atoms with Crippen LogP contribution >= 0.6 is 0 Å². The minimum atomic E-state index is -0.274. The molecule has 0 saturated heterocycles. The largest absolute Gasteiger partial charge is 0.325 e. The molecule has 0 fully saturated rings. The van der Waals surface area contributed by atoms with Crippen molar-refractivity contribution < 1.29 is 4.39 Å². The molecule has 0 spiro atoms. The lowest BCUT2D eigenvalue weighted by atomic mass is 9.97. The number of halogens is 1. The molecule has 2 aromatic heterocycles. The Kier molecular flexibility index (Phi) is 3.00. The fourth-order valence-corrected chi connectivity index (χ4v) is 3.75. The molecule has 0 bridgehead atoms. The van der Waals surface area contributed by atoms with Crippen molar-refractivity contribution in [1.29, 1.82) is 0 Å². The molecule has 4 aromatic rings. The van der Waals surface area contributed by atoms with Crippen LogP contribution in [0.4, 0.5) is 15.9 Å². The molecule has 5 nitrogen and oxygen atoms in total. The Balaban J connectivity index is 1.84. The van der Waals surface area contributed by atoms with E-state index in [1.807, 2.05) is 0 Å². The van der Waals surface area contributed by atoms with Crippen LogP contribution in [0.25, 0.3) is 16.7 Å². The zero-order valence-electron chi connectivity index (χ0n) is 13.8. The molecule has 5 rings (SSSR count). The van der Waals surface area contributed by atoms with Crippen molar-refractivity contribution in [2.45, 2.75) is 19.8 Å². The fraction of sp³-hybridized carbons (Fsp3) is 0.211. The third kappa shape index (κ3) is 2.10. The first-order valence-corrected chi connectivity index (χ1v) is 8.37. The lowest BCUT2D eigenvalue weighted by molar-refractivity contribution is 0.629. The van der Waals surface area contributed by atoms with Crippen LogP contribution in [0.15, 0.2) is 42.7 Å². The van der Waals surface area contributed by atoms with Crippen molar-refractivity contribution in [3.8, 4) is 0 Å². The second-order valence-electron chi connectivity index (χ2n) is 6.43. The Bertz CT molecular complexity index is 1120. The number of fused-ring (bicyclic) bond motifs is 4. The van der Waals surface area contributed by atoms with Crippen molar-refractivity contribution >= 4 is 28.2 Å². The summed E-state index contributed by atoms with van der Waals surface area (Å²) in [6.45, 7) is 2.98. The maximum absolute atomic E-state index is 14.0. The zero-order chi connectivity index (χ0) is 17.0. The van der Waals surface area contributed by atoms with Gasteiger partial charge in [0, 0.05) is 17.6 Å². The first kappa shape index (κ1) is 14.3. The molecule has 124 valence electrons. The van der Waals surface area contributed by atoms with Crippen molar-refractivity contribution in [1.82, 2.24) is 19.6 Å². The third-order valence-electron chi connectivity index (χ3n) is 4.94. The number of hydrogen-bond acceptors (Lipinski definition) is 4. The quantitative estimate of drug-likeness (QED) is 0.531. The summed E-state index contributed by atoms with van der Waals surface area (Å²) in [6, 6.07) is 11.1. The molecule has 3 heterocycles. The summed E-state index contributed by atoms with van der Waals surface area (Å²) in [5, 5.41) is 8.82. The van der Waals surface area contributed by atoms with Gasteiger partial charge in [0.2, 0.25) is 0 Å².